The molecule has 0 aliphatic carbocycles. The van der Waals surface area contributed by atoms with Crippen molar-refractivity contribution in [2.75, 3.05) is 10.6 Å². The van der Waals surface area contributed by atoms with E-state index >= 15 is 0 Å². The van der Waals surface area contributed by atoms with Gasteiger partial charge in [0, 0.05) is 56.5 Å². The predicted molar refractivity (Wildman–Crippen MR) is 164 cm³/mol. The number of allylic oxidation sites excluding steroid dienone is 2. The summed E-state index contributed by atoms with van der Waals surface area (Å²) in [4.78, 5) is 12.9. The molecule has 1 unspecified atom stereocenters. The highest BCUT2D eigenvalue weighted by Crippen LogP contribution is 2.58. The van der Waals surface area contributed by atoms with Gasteiger partial charge in [0.15, 0.2) is 5.60 Å². The van der Waals surface area contributed by atoms with Crippen LogP contribution in [0.2, 0.25) is 0 Å². The fourth-order valence-corrected chi connectivity index (χ4v) is 5.78. The Kier molecular flexibility index (Phi) is 5.99. The summed E-state index contributed by atoms with van der Waals surface area (Å²) in [5.74, 6) is 0.999. The van der Waals surface area contributed by atoms with Crippen LogP contribution in [0.1, 0.15) is 45.7 Å². The van der Waals surface area contributed by atoms with Gasteiger partial charge < -0.3 is 20.1 Å². The first-order valence-corrected chi connectivity index (χ1v) is 13.7. The SMILES string of the molecule is C=C/C=C\C1=CC(=O)OC12c1ccc3cc(NC(C)C)ccc3c1Oc1c2ccc2cc(NC(C)(C)C)ccc12. The molecule has 5 heteroatoms. The highest BCUT2D eigenvalue weighted by molar-refractivity contribution is 5.99. The molecule has 4 aromatic rings. The van der Waals surface area contributed by atoms with Crippen molar-refractivity contribution in [3.63, 3.8) is 0 Å². The lowest BCUT2D eigenvalue weighted by Gasteiger charge is -2.38. The molecule has 0 saturated carbocycles. The quantitative estimate of drug-likeness (QED) is 0.200. The number of nitrogens with one attached hydrogen (secondary N) is 2. The summed E-state index contributed by atoms with van der Waals surface area (Å²) in [5, 5.41) is 11.0. The Labute approximate surface area is 235 Å². The molecule has 0 amide bonds. The van der Waals surface area contributed by atoms with Gasteiger partial charge in [-0.3, -0.25) is 0 Å². The largest absolute Gasteiger partial charge is 0.455 e. The van der Waals surface area contributed by atoms with Crippen molar-refractivity contribution < 1.29 is 14.3 Å². The van der Waals surface area contributed by atoms with Gasteiger partial charge >= 0.3 is 5.97 Å². The van der Waals surface area contributed by atoms with Crippen LogP contribution in [0.3, 0.4) is 0 Å². The second kappa shape index (κ2) is 9.30. The van der Waals surface area contributed by atoms with E-state index in [4.69, 9.17) is 9.47 Å². The summed E-state index contributed by atoms with van der Waals surface area (Å²) >= 11 is 0. The second-order valence-electron chi connectivity index (χ2n) is 11.8. The van der Waals surface area contributed by atoms with Gasteiger partial charge in [-0.15, -0.1) is 0 Å². The zero-order chi connectivity index (χ0) is 28.2. The second-order valence-corrected chi connectivity index (χ2v) is 11.8. The number of carbonyl (C=O) groups excluding carboxylic acids is 1. The molecule has 6 rings (SSSR count). The number of fused-ring (bicyclic) bond motifs is 8. The van der Waals surface area contributed by atoms with E-state index in [2.05, 4.69) is 100 Å². The van der Waals surface area contributed by atoms with E-state index in [0.29, 0.717) is 17.5 Å². The normalized spacial score (nSPS) is 18.1. The molecule has 2 aliphatic rings. The molecule has 5 nitrogen and oxygen atoms in total. The van der Waals surface area contributed by atoms with E-state index in [1.807, 2.05) is 24.3 Å². The van der Waals surface area contributed by atoms with Crippen LogP contribution in [-0.2, 0) is 15.1 Å². The zero-order valence-electron chi connectivity index (χ0n) is 23.6. The molecule has 40 heavy (non-hydrogen) atoms. The Bertz CT molecular complexity index is 1760. The maximum atomic E-state index is 12.9. The van der Waals surface area contributed by atoms with Crippen LogP contribution in [0, 0.1) is 0 Å². The highest BCUT2D eigenvalue weighted by Gasteiger charge is 2.52. The average Bonchev–Trinajstić information content (AvgIpc) is 3.21. The third-order valence-electron chi connectivity index (χ3n) is 7.22. The van der Waals surface area contributed by atoms with Gasteiger partial charge in [0.25, 0.3) is 0 Å². The van der Waals surface area contributed by atoms with E-state index in [1.54, 1.807) is 12.2 Å². The van der Waals surface area contributed by atoms with Crippen molar-refractivity contribution in [1.29, 1.82) is 0 Å². The van der Waals surface area contributed by atoms with Crippen molar-refractivity contribution in [2.24, 2.45) is 0 Å². The maximum Gasteiger partial charge on any atom is 0.332 e. The first-order valence-electron chi connectivity index (χ1n) is 13.7. The number of benzene rings is 4. The van der Waals surface area contributed by atoms with Crippen LogP contribution >= 0.6 is 0 Å². The lowest BCUT2D eigenvalue weighted by atomic mass is 9.76. The minimum Gasteiger partial charge on any atom is -0.455 e. The van der Waals surface area contributed by atoms with Crippen molar-refractivity contribution >= 4 is 38.9 Å². The smallest absolute Gasteiger partial charge is 0.332 e. The van der Waals surface area contributed by atoms with Crippen molar-refractivity contribution in [3.05, 3.63) is 108 Å². The Morgan fingerprint density at radius 1 is 0.875 bits per heavy atom. The molecular formula is C35H34N2O3. The van der Waals surface area contributed by atoms with E-state index in [-0.39, 0.29) is 11.5 Å². The number of hydrogen-bond acceptors (Lipinski definition) is 5. The number of rotatable bonds is 5. The third kappa shape index (κ3) is 4.22. The van der Waals surface area contributed by atoms with Gasteiger partial charge in [0.2, 0.25) is 0 Å². The molecule has 4 aromatic carbocycles. The Balaban J connectivity index is 1.62. The van der Waals surface area contributed by atoms with Crippen LogP contribution in [0.5, 0.6) is 11.5 Å². The van der Waals surface area contributed by atoms with E-state index in [9.17, 15) is 4.79 Å². The highest BCUT2D eigenvalue weighted by atomic mass is 16.6. The van der Waals surface area contributed by atoms with Crippen molar-refractivity contribution in [1.82, 2.24) is 0 Å². The molecule has 1 atom stereocenters. The summed E-state index contributed by atoms with van der Waals surface area (Å²) in [6.45, 7) is 14.5. The van der Waals surface area contributed by atoms with E-state index in [1.165, 1.54) is 0 Å². The minimum absolute atomic E-state index is 0.0706. The van der Waals surface area contributed by atoms with Crippen LogP contribution in [0.4, 0.5) is 11.4 Å². The van der Waals surface area contributed by atoms with Crippen LogP contribution in [0.15, 0.2) is 97.1 Å². The summed E-state index contributed by atoms with van der Waals surface area (Å²) in [6.07, 6.45) is 7.00. The van der Waals surface area contributed by atoms with Gasteiger partial charge in [-0.05, 0) is 93.9 Å². The molecule has 2 heterocycles. The van der Waals surface area contributed by atoms with Gasteiger partial charge in [-0.2, -0.15) is 0 Å². The fraction of sp³-hybridized carbons (Fsp3) is 0.229. The van der Waals surface area contributed by atoms with Gasteiger partial charge in [-0.1, -0.05) is 36.9 Å². The zero-order valence-corrected chi connectivity index (χ0v) is 23.6. The molecular weight excluding hydrogens is 496 g/mol. The number of ether oxygens (including phenoxy) is 2. The number of carbonyl (C=O) groups is 1. The summed E-state index contributed by atoms with van der Waals surface area (Å²) in [6, 6.07) is 21.1. The topological polar surface area (TPSA) is 59.6 Å². The van der Waals surface area contributed by atoms with Crippen LogP contribution in [-0.4, -0.2) is 17.6 Å². The van der Waals surface area contributed by atoms with Crippen LogP contribution < -0.4 is 15.4 Å². The number of anilines is 2. The van der Waals surface area contributed by atoms with Gasteiger partial charge in [0.05, 0.1) is 0 Å². The molecule has 0 saturated heterocycles. The Morgan fingerprint density at radius 2 is 1.48 bits per heavy atom. The molecule has 0 aromatic heterocycles. The lowest BCUT2D eigenvalue weighted by Crippen LogP contribution is -2.34. The fourth-order valence-electron chi connectivity index (χ4n) is 5.78. The Hall–Kier alpha value is -4.51. The van der Waals surface area contributed by atoms with Crippen molar-refractivity contribution in [2.45, 2.75) is 51.8 Å². The van der Waals surface area contributed by atoms with Crippen LogP contribution in [0.25, 0.3) is 21.5 Å². The standard InChI is InChI=1S/C35H34N2O3/c1-7-8-9-24-20-31(38)40-35(24)29-16-10-22-18-25(36-21(2)3)12-14-27(22)32(29)39-33-28-15-13-26(37-34(4,5)6)19-23(28)11-17-30(33)35/h7-21,36-37H,1H2,2-6H3/b9-8-. The molecule has 2 N–H and O–H groups in total. The van der Waals surface area contributed by atoms with E-state index in [0.717, 1.165) is 49.6 Å². The Morgan fingerprint density at radius 3 is 2.05 bits per heavy atom. The van der Waals surface area contributed by atoms with Gasteiger partial charge in [0.1, 0.15) is 11.5 Å². The number of esters is 1. The summed E-state index contributed by atoms with van der Waals surface area (Å²) < 4.78 is 13.1. The predicted octanol–water partition coefficient (Wildman–Crippen LogP) is 8.60. The molecule has 202 valence electrons. The molecule has 1 spiro atoms. The van der Waals surface area contributed by atoms with E-state index < -0.39 is 5.60 Å². The maximum absolute atomic E-state index is 12.9. The lowest BCUT2D eigenvalue weighted by molar-refractivity contribution is -0.144. The summed E-state index contributed by atoms with van der Waals surface area (Å²) in [7, 11) is 0. The molecule has 2 aliphatic heterocycles. The first-order chi connectivity index (χ1) is 19.1. The summed E-state index contributed by atoms with van der Waals surface area (Å²) in [5.41, 5.74) is 3.20. The van der Waals surface area contributed by atoms with Gasteiger partial charge in [-0.25, -0.2) is 4.79 Å². The monoisotopic (exact) mass is 530 g/mol. The minimum atomic E-state index is -1.14. The molecule has 0 fully saturated rings. The first kappa shape index (κ1) is 25.8. The van der Waals surface area contributed by atoms with Crippen molar-refractivity contribution in [3.8, 4) is 11.5 Å². The number of hydrogen-bond donors (Lipinski definition) is 2. The average molecular weight is 531 g/mol. The molecule has 0 bridgehead atoms. The molecule has 0 radical (unpaired) electrons. The third-order valence-corrected chi connectivity index (χ3v) is 7.22.